The monoisotopic (exact) mass is 461 g/mol. The van der Waals surface area contributed by atoms with Crippen LogP contribution in [0.5, 0.6) is 11.5 Å². The molecule has 1 amide bonds. The van der Waals surface area contributed by atoms with E-state index in [-0.39, 0.29) is 29.0 Å². The molecule has 2 N–H and O–H groups in total. The Morgan fingerprint density at radius 2 is 1.79 bits per heavy atom. The number of likely N-dealkylation sites (tertiary alicyclic amines) is 1. The number of benzene rings is 2. The van der Waals surface area contributed by atoms with Crippen molar-refractivity contribution in [2.24, 2.45) is 0 Å². The number of ketones is 1. The highest BCUT2D eigenvalue weighted by molar-refractivity contribution is 6.46. The van der Waals surface area contributed by atoms with E-state index in [9.17, 15) is 19.8 Å². The van der Waals surface area contributed by atoms with Crippen molar-refractivity contribution in [3.63, 3.8) is 0 Å². The molecule has 1 aliphatic rings. The van der Waals surface area contributed by atoms with Crippen molar-refractivity contribution in [2.75, 3.05) is 7.11 Å². The summed E-state index contributed by atoms with van der Waals surface area (Å²) in [5.74, 6) is -0.568. The van der Waals surface area contributed by atoms with Crippen molar-refractivity contribution in [3.8, 4) is 11.5 Å². The number of rotatable bonds is 5. The van der Waals surface area contributed by atoms with Crippen LogP contribution in [0.3, 0.4) is 0 Å². The number of aliphatic hydroxyl groups is 1. The molecule has 0 radical (unpaired) electrons. The van der Waals surface area contributed by atoms with Crippen LogP contribution < -0.4 is 4.74 Å². The molecule has 1 aromatic heterocycles. The second-order valence-electron chi connectivity index (χ2n) is 9.26. The summed E-state index contributed by atoms with van der Waals surface area (Å²) >= 11 is 0. The molecule has 34 heavy (non-hydrogen) atoms. The van der Waals surface area contributed by atoms with Gasteiger partial charge in [0, 0.05) is 11.1 Å². The number of furan rings is 1. The SMILES string of the molecule is COc1ccc(/C(O)=C2/C(=O)C(=O)N(Cc3ccco3)C2c2ccc(O)cc2)cc1C(C)(C)C. The lowest BCUT2D eigenvalue weighted by molar-refractivity contribution is -0.140. The molecule has 2 aromatic carbocycles. The number of amides is 1. The standard InChI is InChI=1S/C27H27NO6/c1-27(2,3)20-14-17(9-12-21(20)33-4)24(30)22-23(16-7-10-18(29)11-8-16)28(26(32)25(22)31)15-19-6-5-13-34-19/h5-14,23,29-30H,15H2,1-4H3/b24-22-. The molecule has 0 spiro atoms. The van der Waals surface area contributed by atoms with Crippen LogP contribution in [0.2, 0.25) is 0 Å². The van der Waals surface area contributed by atoms with Gasteiger partial charge in [-0.2, -0.15) is 0 Å². The van der Waals surface area contributed by atoms with Crippen LogP contribution in [0.25, 0.3) is 5.76 Å². The van der Waals surface area contributed by atoms with Gasteiger partial charge in [0.25, 0.3) is 11.7 Å². The van der Waals surface area contributed by atoms with Crippen LogP contribution in [0, 0.1) is 0 Å². The fourth-order valence-electron chi connectivity index (χ4n) is 4.21. The van der Waals surface area contributed by atoms with Gasteiger partial charge in [0.15, 0.2) is 0 Å². The maximum atomic E-state index is 13.2. The lowest BCUT2D eigenvalue weighted by Crippen LogP contribution is -2.29. The van der Waals surface area contributed by atoms with E-state index < -0.39 is 17.7 Å². The van der Waals surface area contributed by atoms with E-state index in [1.807, 2.05) is 20.8 Å². The smallest absolute Gasteiger partial charge is 0.296 e. The van der Waals surface area contributed by atoms with Gasteiger partial charge in [-0.3, -0.25) is 9.59 Å². The normalized spacial score (nSPS) is 17.9. The number of hydrogen-bond acceptors (Lipinski definition) is 6. The fourth-order valence-corrected chi connectivity index (χ4v) is 4.21. The van der Waals surface area contributed by atoms with Gasteiger partial charge in [-0.05, 0) is 53.4 Å². The molecule has 4 rings (SSSR count). The minimum Gasteiger partial charge on any atom is -0.508 e. The molecule has 1 aliphatic heterocycles. The molecule has 1 saturated heterocycles. The van der Waals surface area contributed by atoms with Crippen LogP contribution in [0.4, 0.5) is 0 Å². The molecule has 1 unspecified atom stereocenters. The third-order valence-electron chi connectivity index (χ3n) is 5.94. The number of phenols is 1. The molecule has 7 nitrogen and oxygen atoms in total. The van der Waals surface area contributed by atoms with Crippen molar-refractivity contribution in [2.45, 2.75) is 38.8 Å². The number of carbonyl (C=O) groups is 2. The average Bonchev–Trinajstić information content (AvgIpc) is 3.40. The van der Waals surface area contributed by atoms with Crippen molar-refractivity contribution in [1.82, 2.24) is 4.90 Å². The van der Waals surface area contributed by atoms with Gasteiger partial charge in [-0.1, -0.05) is 32.9 Å². The van der Waals surface area contributed by atoms with E-state index in [2.05, 4.69) is 0 Å². The summed E-state index contributed by atoms with van der Waals surface area (Å²) in [6.07, 6.45) is 1.49. The summed E-state index contributed by atoms with van der Waals surface area (Å²) in [5, 5.41) is 21.1. The number of phenolic OH excluding ortho intramolecular Hbond substituents is 1. The first-order chi connectivity index (χ1) is 16.1. The molecule has 0 saturated carbocycles. The van der Waals surface area contributed by atoms with E-state index >= 15 is 0 Å². The maximum Gasteiger partial charge on any atom is 0.296 e. The van der Waals surface area contributed by atoms with Crippen molar-refractivity contribution < 1.29 is 29.0 Å². The fraction of sp³-hybridized carbons (Fsp3) is 0.259. The van der Waals surface area contributed by atoms with E-state index in [1.165, 1.54) is 23.3 Å². The Kier molecular flexibility index (Phi) is 5.96. The molecule has 176 valence electrons. The number of carbonyl (C=O) groups excluding carboxylic acids is 2. The number of Topliss-reactive ketones (excluding diaryl/α,β-unsaturated/α-hetero) is 1. The molecule has 3 aromatic rings. The Morgan fingerprint density at radius 1 is 1.09 bits per heavy atom. The summed E-state index contributed by atoms with van der Waals surface area (Å²) < 4.78 is 10.9. The van der Waals surface area contributed by atoms with Gasteiger partial charge >= 0.3 is 0 Å². The Morgan fingerprint density at radius 3 is 2.38 bits per heavy atom. The van der Waals surface area contributed by atoms with Crippen LogP contribution >= 0.6 is 0 Å². The summed E-state index contributed by atoms with van der Waals surface area (Å²) in [6.45, 7) is 6.12. The number of ether oxygens (including phenoxy) is 1. The number of hydrogen-bond donors (Lipinski definition) is 2. The lowest BCUT2D eigenvalue weighted by Gasteiger charge is -2.25. The van der Waals surface area contributed by atoms with Crippen LogP contribution in [-0.2, 0) is 21.5 Å². The van der Waals surface area contributed by atoms with Crippen LogP contribution in [0.1, 0.15) is 49.3 Å². The predicted molar refractivity (Wildman–Crippen MR) is 126 cm³/mol. The summed E-state index contributed by atoms with van der Waals surface area (Å²) in [4.78, 5) is 27.6. The lowest BCUT2D eigenvalue weighted by atomic mass is 9.84. The van der Waals surface area contributed by atoms with Gasteiger partial charge in [-0.15, -0.1) is 0 Å². The molecule has 1 fully saturated rings. The third-order valence-corrected chi connectivity index (χ3v) is 5.94. The Hall–Kier alpha value is -4.00. The number of aromatic hydroxyl groups is 1. The molecule has 0 bridgehead atoms. The van der Waals surface area contributed by atoms with Gasteiger partial charge in [0.1, 0.15) is 23.0 Å². The quantitative estimate of drug-likeness (QED) is 0.318. The van der Waals surface area contributed by atoms with Crippen molar-refractivity contribution in [3.05, 3.63) is 88.9 Å². The molecule has 0 aliphatic carbocycles. The molecular weight excluding hydrogens is 434 g/mol. The molecule has 1 atom stereocenters. The highest BCUT2D eigenvalue weighted by Crippen LogP contribution is 2.42. The van der Waals surface area contributed by atoms with Crippen molar-refractivity contribution >= 4 is 17.4 Å². The minimum absolute atomic E-state index is 0.0210. The third kappa shape index (κ3) is 4.17. The van der Waals surface area contributed by atoms with Crippen molar-refractivity contribution in [1.29, 1.82) is 0 Å². The first-order valence-corrected chi connectivity index (χ1v) is 10.9. The van der Waals surface area contributed by atoms with Crippen LogP contribution in [0.15, 0.2) is 70.9 Å². The highest BCUT2D eigenvalue weighted by atomic mass is 16.5. The average molecular weight is 462 g/mol. The zero-order valence-electron chi connectivity index (χ0n) is 19.5. The molecule has 2 heterocycles. The summed E-state index contributed by atoms with van der Waals surface area (Å²) in [5.41, 5.74) is 1.53. The van der Waals surface area contributed by atoms with Gasteiger partial charge in [0.2, 0.25) is 0 Å². The maximum absolute atomic E-state index is 13.2. The first kappa shape index (κ1) is 23.2. The Labute approximate surface area is 197 Å². The number of nitrogens with zero attached hydrogens (tertiary/aromatic N) is 1. The Bertz CT molecular complexity index is 1250. The Balaban J connectivity index is 1.89. The van der Waals surface area contributed by atoms with Crippen LogP contribution in [-0.4, -0.2) is 33.9 Å². The minimum atomic E-state index is -0.856. The molecule has 7 heteroatoms. The van der Waals surface area contributed by atoms with Gasteiger partial charge in [0.05, 0.1) is 31.5 Å². The first-order valence-electron chi connectivity index (χ1n) is 10.9. The van der Waals surface area contributed by atoms with Gasteiger partial charge < -0.3 is 24.3 Å². The molecular formula is C27H27NO6. The van der Waals surface area contributed by atoms with E-state index in [0.717, 1.165) is 5.56 Å². The second kappa shape index (κ2) is 8.74. The second-order valence-corrected chi connectivity index (χ2v) is 9.26. The topological polar surface area (TPSA) is 100 Å². The largest absolute Gasteiger partial charge is 0.508 e. The zero-order valence-corrected chi connectivity index (χ0v) is 19.5. The summed E-state index contributed by atoms with van der Waals surface area (Å²) in [6, 6.07) is 14.0. The van der Waals surface area contributed by atoms with E-state index in [0.29, 0.717) is 22.6 Å². The summed E-state index contributed by atoms with van der Waals surface area (Å²) in [7, 11) is 1.58. The number of methoxy groups -OCH3 is 1. The zero-order chi connectivity index (χ0) is 24.6. The van der Waals surface area contributed by atoms with E-state index in [1.54, 1.807) is 49.6 Å². The highest BCUT2D eigenvalue weighted by Gasteiger charge is 2.46. The van der Waals surface area contributed by atoms with E-state index in [4.69, 9.17) is 9.15 Å². The number of aliphatic hydroxyl groups excluding tert-OH is 1. The predicted octanol–water partition coefficient (Wildman–Crippen LogP) is 4.91. The van der Waals surface area contributed by atoms with Gasteiger partial charge in [-0.25, -0.2) is 0 Å².